The summed E-state index contributed by atoms with van der Waals surface area (Å²) in [7, 11) is 1.48. The van der Waals surface area contributed by atoms with Crippen LogP contribution in [0.1, 0.15) is 31.4 Å². The lowest BCUT2D eigenvalue weighted by molar-refractivity contribution is -0.117. The Hall–Kier alpha value is -3.16. The van der Waals surface area contributed by atoms with Crippen molar-refractivity contribution in [2.45, 2.75) is 32.2 Å². The van der Waals surface area contributed by atoms with E-state index in [0.29, 0.717) is 23.0 Å². The predicted molar refractivity (Wildman–Crippen MR) is 96.4 cm³/mol. The lowest BCUT2D eigenvalue weighted by atomic mass is 10.2. The molecule has 136 valence electrons. The van der Waals surface area contributed by atoms with Crippen LogP contribution in [0.25, 0.3) is 0 Å². The Morgan fingerprint density at radius 2 is 2.00 bits per heavy atom. The van der Waals surface area contributed by atoms with Crippen LogP contribution in [0.5, 0.6) is 5.75 Å². The summed E-state index contributed by atoms with van der Waals surface area (Å²) >= 11 is 0. The summed E-state index contributed by atoms with van der Waals surface area (Å²) in [5, 5.41) is 9.61. The Morgan fingerprint density at radius 3 is 2.65 bits per heavy atom. The van der Waals surface area contributed by atoms with Crippen molar-refractivity contribution < 1.29 is 14.3 Å². The van der Waals surface area contributed by atoms with Crippen molar-refractivity contribution in [3.63, 3.8) is 0 Å². The third-order valence-electron chi connectivity index (χ3n) is 3.97. The number of nitrogens with zero attached hydrogens (tertiary/aromatic N) is 2. The summed E-state index contributed by atoms with van der Waals surface area (Å²) in [5.74, 6) is 0.199. The number of rotatable bonds is 6. The third kappa shape index (κ3) is 4.27. The predicted octanol–water partition coefficient (Wildman–Crippen LogP) is 1.73. The smallest absolute Gasteiger partial charge is 0.267 e. The summed E-state index contributed by atoms with van der Waals surface area (Å²) < 4.78 is 6.39. The molecule has 1 aliphatic carbocycles. The standard InChI is InChI=1S/C18H20N4O4/c1-11(23)19-13-5-7-16(26-2)15(9-13)20-17(24)10-22-18(25)8-6-14(21-22)12-3-4-12/h5-9,12H,3-4,10H2,1-2H3,(H,19,23)(H,20,24). The van der Waals surface area contributed by atoms with Gasteiger partial charge in [0.05, 0.1) is 18.5 Å². The second-order valence-electron chi connectivity index (χ2n) is 6.17. The van der Waals surface area contributed by atoms with Gasteiger partial charge in [0.2, 0.25) is 11.8 Å². The number of hydrogen-bond donors (Lipinski definition) is 2. The molecule has 1 aliphatic rings. The van der Waals surface area contributed by atoms with Crippen LogP contribution in [-0.4, -0.2) is 28.7 Å². The Bertz CT molecular complexity index is 902. The minimum atomic E-state index is -0.411. The zero-order chi connectivity index (χ0) is 18.7. The van der Waals surface area contributed by atoms with Crippen LogP contribution in [0.15, 0.2) is 35.1 Å². The molecule has 0 bridgehead atoms. The van der Waals surface area contributed by atoms with Crippen molar-refractivity contribution in [3.8, 4) is 5.75 Å². The molecule has 1 aromatic heterocycles. The maximum Gasteiger partial charge on any atom is 0.267 e. The van der Waals surface area contributed by atoms with Gasteiger partial charge in [0.1, 0.15) is 12.3 Å². The molecule has 1 aromatic carbocycles. The maximum absolute atomic E-state index is 12.4. The topological polar surface area (TPSA) is 102 Å². The van der Waals surface area contributed by atoms with E-state index in [1.165, 1.54) is 20.1 Å². The zero-order valence-corrected chi connectivity index (χ0v) is 14.6. The Balaban J connectivity index is 1.76. The van der Waals surface area contributed by atoms with Crippen LogP contribution in [0, 0.1) is 0 Å². The molecule has 1 fully saturated rings. The van der Waals surface area contributed by atoms with E-state index < -0.39 is 5.91 Å². The van der Waals surface area contributed by atoms with E-state index in [-0.39, 0.29) is 18.0 Å². The molecule has 1 saturated carbocycles. The average Bonchev–Trinajstić information content (AvgIpc) is 3.41. The van der Waals surface area contributed by atoms with Crippen molar-refractivity contribution in [2.24, 2.45) is 0 Å². The number of amides is 2. The summed E-state index contributed by atoms with van der Waals surface area (Å²) in [6, 6.07) is 8.05. The molecule has 2 N–H and O–H groups in total. The maximum atomic E-state index is 12.4. The molecule has 8 nitrogen and oxygen atoms in total. The number of anilines is 2. The van der Waals surface area contributed by atoms with E-state index in [2.05, 4.69) is 15.7 Å². The molecule has 0 atom stereocenters. The van der Waals surface area contributed by atoms with Crippen LogP contribution in [0.3, 0.4) is 0 Å². The summed E-state index contributed by atoms with van der Waals surface area (Å²) in [5.41, 5.74) is 1.43. The number of nitrogens with one attached hydrogen (secondary N) is 2. The van der Waals surface area contributed by atoms with E-state index in [0.717, 1.165) is 23.2 Å². The number of ether oxygens (including phenoxy) is 1. The van der Waals surface area contributed by atoms with Gasteiger partial charge in [-0.05, 0) is 37.1 Å². The van der Waals surface area contributed by atoms with Crippen molar-refractivity contribution in [1.29, 1.82) is 0 Å². The van der Waals surface area contributed by atoms with Gasteiger partial charge >= 0.3 is 0 Å². The van der Waals surface area contributed by atoms with E-state index in [1.807, 2.05) is 0 Å². The van der Waals surface area contributed by atoms with Crippen molar-refractivity contribution in [2.75, 3.05) is 17.7 Å². The number of carbonyl (C=O) groups is 2. The van der Waals surface area contributed by atoms with Crippen molar-refractivity contribution >= 4 is 23.2 Å². The summed E-state index contributed by atoms with van der Waals surface area (Å²) in [6.45, 7) is 1.19. The fraction of sp³-hybridized carbons (Fsp3) is 0.333. The molecule has 2 amide bonds. The lowest BCUT2D eigenvalue weighted by Gasteiger charge is -2.13. The Labute approximate surface area is 150 Å². The molecular weight excluding hydrogens is 336 g/mol. The third-order valence-corrected chi connectivity index (χ3v) is 3.97. The van der Waals surface area contributed by atoms with Crippen LogP contribution in [-0.2, 0) is 16.1 Å². The summed E-state index contributed by atoms with van der Waals surface area (Å²) in [6.07, 6.45) is 2.12. The molecule has 0 unspecified atom stereocenters. The first-order valence-corrected chi connectivity index (χ1v) is 8.30. The molecule has 3 rings (SSSR count). The highest BCUT2D eigenvalue weighted by atomic mass is 16.5. The van der Waals surface area contributed by atoms with Gasteiger partial charge in [0.15, 0.2) is 0 Å². The quantitative estimate of drug-likeness (QED) is 0.820. The number of hydrogen-bond acceptors (Lipinski definition) is 5. The van der Waals surface area contributed by atoms with Crippen LogP contribution in [0.2, 0.25) is 0 Å². The van der Waals surface area contributed by atoms with Gasteiger partial charge in [-0.3, -0.25) is 14.4 Å². The van der Waals surface area contributed by atoms with Gasteiger partial charge in [0, 0.05) is 24.6 Å². The number of benzene rings is 1. The van der Waals surface area contributed by atoms with Gasteiger partial charge in [-0.25, -0.2) is 4.68 Å². The normalized spacial score (nSPS) is 13.2. The van der Waals surface area contributed by atoms with E-state index in [4.69, 9.17) is 4.74 Å². The van der Waals surface area contributed by atoms with Gasteiger partial charge in [0.25, 0.3) is 5.56 Å². The SMILES string of the molecule is COc1ccc(NC(C)=O)cc1NC(=O)Cn1nc(C2CC2)ccc1=O. The highest BCUT2D eigenvalue weighted by Crippen LogP contribution is 2.38. The molecule has 0 spiro atoms. The second-order valence-corrected chi connectivity index (χ2v) is 6.17. The molecule has 1 heterocycles. The van der Waals surface area contributed by atoms with Gasteiger partial charge in [-0.1, -0.05) is 0 Å². The average molecular weight is 356 g/mol. The van der Waals surface area contributed by atoms with Gasteiger partial charge in [-0.2, -0.15) is 5.10 Å². The fourth-order valence-corrected chi connectivity index (χ4v) is 2.59. The highest BCUT2D eigenvalue weighted by molar-refractivity contribution is 5.94. The molecule has 8 heteroatoms. The number of aromatic nitrogens is 2. The first kappa shape index (κ1) is 17.7. The highest BCUT2D eigenvalue weighted by Gasteiger charge is 2.25. The van der Waals surface area contributed by atoms with Crippen LogP contribution < -0.4 is 20.9 Å². The number of methoxy groups -OCH3 is 1. The molecule has 0 aliphatic heterocycles. The molecule has 0 saturated heterocycles. The van der Waals surface area contributed by atoms with Crippen LogP contribution in [0.4, 0.5) is 11.4 Å². The zero-order valence-electron chi connectivity index (χ0n) is 14.6. The van der Waals surface area contributed by atoms with E-state index in [9.17, 15) is 14.4 Å². The first-order chi connectivity index (χ1) is 12.5. The molecule has 2 aromatic rings. The Morgan fingerprint density at radius 1 is 1.23 bits per heavy atom. The van der Waals surface area contributed by atoms with E-state index in [1.54, 1.807) is 24.3 Å². The van der Waals surface area contributed by atoms with Crippen LogP contribution >= 0.6 is 0 Å². The second kappa shape index (κ2) is 7.38. The Kier molecular flexibility index (Phi) is 5.01. The fourth-order valence-electron chi connectivity index (χ4n) is 2.59. The summed E-state index contributed by atoms with van der Waals surface area (Å²) in [4.78, 5) is 35.5. The molecular formula is C18H20N4O4. The van der Waals surface area contributed by atoms with Crippen molar-refractivity contribution in [3.05, 3.63) is 46.4 Å². The first-order valence-electron chi connectivity index (χ1n) is 8.30. The van der Waals surface area contributed by atoms with Gasteiger partial charge < -0.3 is 15.4 Å². The number of carbonyl (C=O) groups excluding carboxylic acids is 2. The monoisotopic (exact) mass is 356 g/mol. The largest absolute Gasteiger partial charge is 0.495 e. The van der Waals surface area contributed by atoms with Gasteiger partial charge in [-0.15, -0.1) is 0 Å². The lowest BCUT2D eigenvalue weighted by Crippen LogP contribution is -2.29. The van der Waals surface area contributed by atoms with Crippen molar-refractivity contribution in [1.82, 2.24) is 9.78 Å². The molecule has 26 heavy (non-hydrogen) atoms. The minimum Gasteiger partial charge on any atom is -0.495 e. The minimum absolute atomic E-state index is 0.201. The van der Waals surface area contributed by atoms with E-state index >= 15 is 0 Å². The molecule has 0 radical (unpaired) electrons.